The molecule has 0 aliphatic heterocycles. The smallest absolute Gasteiger partial charge is 0.112 e. The number of aromatic nitrogens is 1. The lowest BCUT2D eigenvalue weighted by atomic mass is 9.69. The molecule has 0 spiro atoms. The van der Waals surface area contributed by atoms with Crippen molar-refractivity contribution in [2.75, 3.05) is 0 Å². The molecule has 0 saturated heterocycles. The Labute approximate surface area is 144 Å². The second-order valence-corrected chi connectivity index (χ2v) is 7.72. The van der Waals surface area contributed by atoms with Crippen LogP contribution in [-0.4, -0.2) is 4.98 Å². The van der Waals surface area contributed by atoms with E-state index in [1.54, 1.807) is 0 Å². The van der Waals surface area contributed by atoms with E-state index >= 15 is 0 Å². The van der Waals surface area contributed by atoms with Crippen LogP contribution in [0.2, 0.25) is 0 Å². The highest BCUT2D eigenvalue weighted by molar-refractivity contribution is 7.71. The third-order valence-corrected chi connectivity index (χ3v) is 5.40. The molecule has 1 aromatic heterocycles. The highest BCUT2D eigenvalue weighted by atomic mass is 32.1. The number of aryl methyl sites for hydroxylation is 1. The fraction of sp³-hybridized carbons (Fsp3) is 0.579. The highest BCUT2D eigenvalue weighted by Crippen LogP contribution is 2.37. The minimum atomic E-state index is 0.447. The van der Waals surface area contributed by atoms with Crippen molar-refractivity contribution in [2.45, 2.75) is 47.0 Å². The van der Waals surface area contributed by atoms with Crippen LogP contribution < -0.4 is 5.73 Å². The maximum absolute atomic E-state index is 8.81. The Hall–Kier alpha value is -1.60. The molecule has 1 aromatic rings. The number of pyridine rings is 1. The van der Waals surface area contributed by atoms with Gasteiger partial charge in [-0.2, -0.15) is 5.26 Å². The van der Waals surface area contributed by atoms with Crippen molar-refractivity contribution in [3.63, 3.8) is 0 Å². The molecule has 3 nitrogen and oxygen atoms in total. The lowest BCUT2D eigenvalue weighted by Gasteiger charge is -2.36. The maximum atomic E-state index is 8.81. The molecule has 1 atom stereocenters. The average Bonchev–Trinajstić information content (AvgIpc) is 2.46. The molecule has 1 aliphatic rings. The number of fused-ring (bicyclic) bond motifs is 1. The van der Waals surface area contributed by atoms with Gasteiger partial charge < -0.3 is 10.7 Å². The van der Waals surface area contributed by atoms with Gasteiger partial charge in [0.15, 0.2) is 0 Å². The summed E-state index contributed by atoms with van der Waals surface area (Å²) in [6.45, 7) is 9.32. The van der Waals surface area contributed by atoms with E-state index in [1.165, 1.54) is 23.8 Å². The third-order valence-electron chi connectivity index (χ3n) is 5.08. The minimum Gasteiger partial charge on any atom is -0.398 e. The van der Waals surface area contributed by atoms with E-state index in [1.807, 2.05) is 6.07 Å². The Morgan fingerprint density at radius 3 is 2.61 bits per heavy atom. The van der Waals surface area contributed by atoms with Crippen LogP contribution in [0, 0.1) is 39.6 Å². The zero-order valence-corrected chi connectivity index (χ0v) is 15.3. The van der Waals surface area contributed by atoms with Gasteiger partial charge in [-0.05, 0) is 54.6 Å². The fourth-order valence-electron chi connectivity index (χ4n) is 4.28. The number of nitrogens with zero attached hydrogens (tertiary/aromatic N) is 1. The zero-order valence-electron chi connectivity index (χ0n) is 14.5. The number of hydrogen-bond donors (Lipinski definition) is 2. The van der Waals surface area contributed by atoms with Gasteiger partial charge in [0.2, 0.25) is 0 Å². The van der Waals surface area contributed by atoms with E-state index in [0.29, 0.717) is 28.1 Å². The van der Waals surface area contributed by atoms with Crippen molar-refractivity contribution in [3.05, 3.63) is 33.6 Å². The van der Waals surface area contributed by atoms with Gasteiger partial charge >= 0.3 is 0 Å². The summed E-state index contributed by atoms with van der Waals surface area (Å²) in [6, 6.07) is 4.08. The molecule has 4 heteroatoms. The van der Waals surface area contributed by atoms with E-state index in [2.05, 4.69) is 38.7 Å². The van der Waals surface area contributed by atoms with Crippen LogP contribution >= 0.6 is 12.2 Å². The number of nitriles is 1. The molecule has 0 saturated carbocycles. The van der Waals surface area contributed by atoms with Crippen LogP contribution in [0.5, 0.6) is 0 Å². The quantitative estimate of drug-likeness (QED) is 0.626. The molecule has 0 bridgehead atoms. The van der Waals surface area contributed by atoms with E-state index in [-0.39, 0.29) is 0 Å². The van der Waals surface area contributed by atoms with Crippen LogP contribution in [0.25, 0.3) is 5.70 Å². The third kappa shape index (κ3) is 3.84. The Morgan fingerprint density at radius 1 is 1.39 bits per heavy atom. The standard InChI is InChI=1S/C19H27N3S/c1-11(2)18(12(3)4)13-5-6-17-14(9-13)10-15(19(23)22-17)16(21)7-8-20/h7,10-13,18H,5-6,9,21H2,1-4H3,(H,22,23)/b16-7-. The molecule has 124 valence electrons. The first kappa shape index (κ1) is 17.7. The van der Waals surface area contributed by atoms with Crippen molar-refractivity contribution >= 4 is 17.9 Å². The van der Waals surface area contributed by atoms with Gasteiger partial charge in [-0.1, -0.05) is 39.9 Å². The molecule has 0 fully saturated rings. The summed E-state index contributed by atoms with van der Waals surface area (Å²) in [4.78, 5) is 3.34. The normalized spacial score (nSPS) is 18.3. The summed E-state index contributed by atoms with van der Waals surface area (Å²) in [5.41, 5.74) is 9.77. The first-order chi connectivity index (χ1) is 10.8. The van der Waals surface area contributed by atoms with Crippen molar-refractivity contribution in [2.24, 2.45) is 29.4 Å². The van der Waals surface area contributed by atoms with Gasteiger partial charge in [0.1, 0.15) is 4.64 Å². The number of nitrogens with one attached hydrogen (secondary N) is 1. The molecule has 23 heavy (non-hydrogen) atoms. The molecule has 3 N–H and O–H groups in total. The lowest BCUT2D eigenvalue weighted by Crippen LogP contribution is -2.30. The van der Waals surface area contributed by atoms with E-state index in [0.717, 1.165) is 24.3 Å². The molecule has 1 heterocycles. The highest BCUT2D eigenvalue weighted by Gasteiger charge is 2.30. The molecule has 1 unspecified atom stereocenters. The Morgan fingerprint density at radius 2 is 2.04 bits per heavy atom. The largest absolute Gasteiger partial charge is 0.398 e. The fourth-order valence-corrected chi connectivity index (χ4v) is 4.58. The molecular formula is C19H27N3S. The van der Waals surface area contributed by atoms with Crippen LogP contribution in [0.3, 0.4) is 0 Å². The predicted octanol–water partition coefficient (Wildman–Crippen LogP) is 4.60. The lowest BCUT2D eigenvalue weighted by molar-refractivity contribution is 0.169. The molecule has 1 aliphatic carbocycles. The van der Waals surface area contributed by atoms with Crippen LogP contribution in [-0.2, 0) is 12.8 Å². The number of allylic oxidation sites excluding steroid dienone is 1. The van der Waals surface area contributed by atoms with Gasteiger partial charge in [-0.15, -0.1) is 0 Å². The van der Waals surface area contributed by atoms with Crippen molar-refractivity contribution in [3.8, 4) is 6.07 Å². The minimum absolute atomic E-state index is 0.447. The van der Waals surface area contributed by atoms with Crippen LogP contribution in [0.4, 0.5) is 0 Å². The number of hydrogen-bond acceptors (Lipinski definition) is 3. The number of aromatic amines is 1. The molecule has 0 amide bonds. The Kier molecular flexibility index (Phi) is 5.64. The first-order valence-electron chi connectivity index (χ1n) is 8.45. The van der Waals surface area contributed by atoms with Crippen molar-refractivity contribution in [1.82, 2.24) is 4.98 Å². The Bertz CT molecular complexity index is 684. The molecule has 0 aromatic carbocycles. The number of H-pyrrole nitrogens is 1. The monoisotopic (exact) mass is 329 g/mol. The number of rotatable bonds is 4. The van der Waals surface area contributed by atoms with E-state index < -0.39 is 0 Å². The molecule has 2 rings (SSSR count). The SMILES string of the molecule is CC(C)C(C(C)C)C1CCc2[nH]c(=S)c(/C(N)=C/C#N)cc2C1. The molecular weight excluding hydrogens is 302 g/mol. The van der Waals surface area contributed by atoms with Gasteiger partial charge in [0.25, 0.3) is 0 Å². The second-order valence-electron chi connectivity index (χ2n) is 7.31. The van der Waals surface area contributed by atoms with Crippen molar-refractivity contribution in [1.29, 1.82) is 5.26 Å². The van der Waals surface area contributed by atoms with Gasteiger partial charge in [-0.3, -0.25) is 0 Å². The predicted molar refractivity (Wildman–Crippen MR) is 98.1 cm³/mol. The Balaban J connectivity index is 2.37. The van der Waals surface area contributed by atoms with Crippen molar-refractivity contribution < 1.29 is 0 Å². The van der Waals surface area contributed by atoms with Gasteiger partial charge in [0.05, 0.1) is 11.8 Å². The van der Waals surface area contributed by atoms with Crippen LogP contribution in [0.1, 0.15) is 50.9 Å². The summed E-state index contributed by atoms with van der Waals surface area (Å²) in [5.74, 6) is 2.79. The summed E-state index contributed by atoms with van der Waals surface area (Å²) in [6.07, 6.45) is 4.68. The average molecular weight is 330 g/mol. The topological polar surface area (TPSA) is 65.6 Å². The van der Waals surface area contributed by atoms with E-state index in [4.69, 9.17) is 23.2 Å². The first-order valence-corrected chi connectivity index (χ1v) is 8.86. The zero-order chi connectivity index (χ0) is 17.1. The summed E-state index contributed by atoms with van der Waals surface area (Å²) >= 11 is 5.41. The summed E-state index contributed by atoms with van der Waals surface area (Å²) < 4.78 is 0.635. The van der Waals surface area contributed by atoms with Crippen LogP contribution in [0.15, 0.2) is 12.1 Å². The maximum Gasteiger partial charge on any atom is 0.112 e. The second kappa shape index (κ2) is 7.31. The summed E-state index contributed by atoms with van der Waals surface area (Å²) in [7, 11) is 0. The summed E-state index contributed by atoms with van der Waals surface area (Å²) in [5, 5.41) is 8.81. The van der Waals surface area contributed by atoms with E-state index in [9.17, 15) is 0 Å². The molecule has 0 radical (unpaired) electrons. The number of nitrogens with two attached hydrogens (primary N) is 1. The van der Waals surface area contributed by atoms with Gasteiger partial charge in [-0.25, -0.2) is 0 Å². The van der Waals surface area contributed by atoms with Gasteiger partial charge in [0, 0.05) is 17.3 Å².